The first kappa shape index (κ1) is 15.4. The number of rotatable bonds is 12. The molecular weight excluding hydrogens is 252 g/mol. The van der Waals surface area contributed by atoms with Crippen molar-refractivity contribution in [2.45, 2.75) is 71.0 Å². The fourth-order valence-corrected chi connectivity index (χ4v) is 2.13. The number of ether oxygens (including phenoxy) is 1. The molecule has 0 saturated heterocycles. The van der Waals surface area contributed by atoms with Crippen molar-refractivity contribution >= 4 is 0 Å². The zero-order valence-electron chi connectivity index (χ0n) is 12.7. The maximum atomic E-state index is 5.63. The monoisotopic (exact) mass is 280 g/mol. The molecule has 1 aliphatic carbocycles. The molecule has 1 aliphatic rings. The van der Waals surface area contributed by atoms with Crippen LogP contribution in [0, 0.1) is 0 Å². The second-order valence-electron chi connectivity index (χ2n) is 5.65. The quantitative estimate of drug-likeness (QED) is 0.598. The molecule has 1 fully saturated rings. The van der Waals surface area contributed by atoms with Crippen LogP contribution in [0.15, 0.2) is 6.20 Å². The van der Waals surface area contributed by atoms with Crippen LogP contribution in [0.3, 0.4) is 0 Å². The Labute approximate surface area is 122 Å². The zero-order valence-corrected chi connectivity index (χ0v) is 12.7. The van der Waals surface area contributed by atoms with Crippen LogP contribution in [0.1, 0.15) is 57.6 Å². The van der Waals surface area contributed by atoms with E-state index in [1.54, 1.807) is 0 Å². The highest BCUT2D eigenvalue weighted by Gasteiger charge is 2.20. The van der Waals surface area contributed by atoms with Crippen molar-refractivity contribution in [2.24, 2.45) is 0 Å². The van der Waals surface area contributed by atoms with Gasteiger partial charge in [-0.3, -0.25) is 0 Å². The van der Waals surface area contributed by atoms with Gasteiger partial charge >= 0.3 is 0 Å². The lowest BCUT2D eigenvalue weighted by Crippen LogP contribution is -2.15. The van der Waals surface area contributed by atoms with Gasteiger partial charge in [-0.1, -0.05) is 37.8 Å². The molecule has 1 saturated carbocycles. The van der Waals surface area contributed by atoms with Gasteiger partial charge in [-0.05, 0) is 19.3 Å². The van der Waals surface area contributed by atoms with Crippen LogP contribution in [0.4, 0.5) is 0 Å². The van der Waals surface area contributed by atoms with Crippen molar-refractivity contribution < 1.29 is 4.74 Å². The van der Waals surface area contributed by atoms with Crippen LogP contribution in [0.5, 0.6) is 0 Å². The maximum absolute atomic E-state index is 5.63. The topological polar surface area (TPSA) is 52.0 Å². The van der Waals surface area contributed by atoms with Gasteiger partial charge in [0.05, 0.1) is 18.8 Å². The molecule has 5 nitrogen and oxygen atoms in total. The van der Waals surface area contributed by atoms with Crippen LogP contribution in [-0.4, -0.2) is 34.2 Å². The Morgan fingerprint density at radius 1 is 1.25 bits per heavy atom. The van der Waals surface area contributed by atoms with Gasteiger partial charge in [-0.15, -0.1) is 5.10 Å². The molecule has 0 bridgehead atoms. The third-order valence-electron chi connectivity index (χ3n) is 3.59. The number of hydrogen-bond acceptors (Lipinski definition) is 4. The largest absolute Gasteiger partial charge is 0.380 e. The van der Waals surface area contributed by atoms with Crippen molar-refractivity contribution in [2.75, 3.05) is 13.2 Å². The van der Waals surface area contributed by atoms with E-state index in [0.29, 0.717) is 0 Å². The van der Waals surface area contributed by atoms with E-state index >= 15 is 0 Å². The third kappa shape index (κ3) is 6.48. The lowest BCUT2D eigenvalue weighted by atomic mass is 10.2. The Bertz CT molecular complexity index is 363. The molecule has 0 aliphatic heterocycles. The first-order valence-corrected chi connectivity index (χ1v) is 8.08. The number of nitrogens with zero attached hydrogens (tertiary/aromatic N) is 3. The molecule has 5 heteroatoms. The summed E-state index contributed by atoms with van der Waals surface area (Å²) in [5.74, 6) is 0. The van der Waals surface area contributed by atoms with Gasteiger partial charge in [0.15, 0.2) is 0 Å². The zero-order chi connectivity index (χ0) is 14.0. The molecule has 20 heavy (non-hydrogen) atoms. The summed E-state index contributed by atoms with van der Waals surface area (Å²) in [5, 5.41) is 11.7. The van der Waals surface area contributed by atoms with Gasteiger partial charge in [0.2, 0.25) is 0 Å². The molecule has 0 aromatic carbocycles. The van der Waals surface area contributed by atoms with E-state index in [0.717, 1.165) is 38.0 Å². The first-order valence-electron chi connectivity index (χ1n) is 8.08. The van der Waals surface area contributed by atoms with Gasteiger partial charge < -0.3 is 10.1 Å². The summed E-state index contributed by atoms with van der Waals surface area (Å²) in [6.07, 6.45) is 11.1. The molecule has 0 spiro atoms. The Balaban J connectivity index is 1.46. The Morgan fingerprint density at radius 2 is 2.10 bits per heavy atom. The number of aromatic nitrogens is 3. The molecular formula is C15H28N4O. The first-order chi connectivity index (χ1) is 9.88. The summed E-state index contributed by atoms with van der Waals surface area (Å²) in [6, 6.07) is 0.719. The summed E-state index contributed by atoms with van der Waals surface area (Å²) in [6.45, 7) is 5.47. The summed E-state index contributed by atoms with van der Waals surface area (Å²) in [5.41, 5.74) is 1.02. The molecule has 0 radical (unpaired) electrons. The molecule has 2 rings (SSSR count). The van der Waals surface area contributed by atoms with Crippen LogP contribution in [0.25, 0.3) is 0 Å². The molecule has 1 N–H and O–H groups in total. The summed E-state index contributed by atoms with van der Waals surface area (Å²) >= 11 is 0. The van der Waals surface area contributed by atoms with Crippen molar-refractivity contribution in [3.8, 4) is 0 Å². The van der Waals surface area contributed by atoms with Crippen molar-refractivity contribution in [3.05, 3.63) is 11.9 Å². The minimum Gasteiger partial charge on any atom is -0.380 e. The van der Waals surface area contributed by atoms with Gasteiger partial charge in [0.1, 0.15) is 0 Å². The van der Waals surface area contributed by atoms with E-state index in [1.807, 2.05) is 10.9 Å². The molecule has 0 atom stereocenters. The van der Waals surface area contributed by atoms with Crippen molar-refractivity contribution in [1.82, 2.24) is 20.3 Å². The number of nitrogens with one attached hydrogen (secondary N) is 1. The normalized spacial score (nSPS) is 14.8. The smallest absolute Gasteiger partial charge is 0.0964 e. The van der Waals surface area contributed by atoms with E-state index < -0.39 is 0 Å². The molecule has 1 heterocycles. The van der Waals surface area contributed by atoms with Crippen molar-refractivity contribution in [1.29, 1.82) is 0 Å². The summed E-state index contributed by atoms with van der Waals surface area (Å²) < 4.78 is 7.51. The van der Waals surface area contributed by atoms with Crippen LogP contribution >= 0.6 is 0 Å². The van der Waals surface area contributed by atoms with Gasteiger partial charge in [-0.2, -0.15) is 0 Å². The molecule has 0 amide bonds. The van der Waals surface area contributed by atoms with E-state index in [2.05, 4.69) is 22.6 Å². The van der Waals surface area contributed by atoms with E-state index in [4.69, 9.17) is 4.74 Å². The maximum Gasteiger partial charge on any atom is 0.0964 e. The fourth-order valence-electron chi connectivity index (χ4n) is 2.13. The summed E-state index contributed by atoms with van der Waals surface area (Å²) in [7, 11) is 0. The number of unbranched alkanes of at least 4 members (excludes halogenated alkanes) is 4. The Kier molecular flexibility index (Phi) is 7.01. The minimum atomic E-state index is 0.719. The Morgan fingerprint density at radius 3 is 2.90 bits per heavy atom. The van der Waals surface area contributed by atoms with Crippen LogP contribution in [0.2, 0.25) is 0 Å². The highest BCUT2D eigenvalue weighted by atomic mass is 16.5. The third-order valence-corrected chi connectivity index (χ3v) is 3.59. The second-order valence-corrected chi connectivity index (χ2v) is 5.65. The van der Waals surface area contributed by atoms with Crippen LogP contribution < -0.4 is 5.32 Å². The molecule has 0 unspecified atom stereocenters. The van der Waals surface area contributed by atoms with E-state index in [-0.39, 0.29) is 0 Å². The van der Waals surface area contributed by atoms with E-state index in [1.165, 1.54) is 44.9 Å². The Hall–Kier alpha value is -0.940. The lowest BCUT2D eigenvalue weighted by molar-refractivity contribution is 0.119. The summed E-state index contributed by atoms with van der Waals surface area (Å²) in [4.78, 5) is 0. The van der Waals surface area contributed by atoms with E-state index in [9.17, 15) is 0 Å². The molecule has 1 aromatic heterocycles. The predicted molar refractivity (Wildman–Crippen MR) is 79.5 cm³/mol. The second kappa shape index (κ2) is 9.08. The van der Waals surface area contributed by atoms with Gasteiger partial charge in [-0.25, -0.2) is 4.68 Å². The lowest BCUT2D eigenvalue weighted by Gasteiger charge is -2.04. The molecule has 1 aromatic rings. The fraction of sp³-hybridized carbons (Fsp3) is 0.867. The van der Waals surface area contributed by atoms with Gasteiger partial charge in [0, 0.05) is 25.4 Å². The number of hydrogen-bond donors (Lipinski definition) is 1. The minimum absolute atomic E-state index is 0.719. The molecule has 114 valence electrons. The predicted octanol–water partition coefficient (Wildman–Crippen LogP) is 2.52. The SMILES string of the molecule is CCCCCCCOCCn1cc(CNC2CC2)nn1. The average molecular weight is 280 g/mol. The van der Waals surface area contributed by atoms with Crippen LogP contribution in [-0.2, 0) is 17.8 Å². The van der Waals surface area contributed by atoms with Gasteiger partial charge in [0.25, 0.3) is 0 Å². The average Bonchev–Trinajstić information content (AvgIpc) is 3.18. The van der Waals surface area contributed by atoms with Crippen molar-refractivity contribution in [3.63, 3.8) is 0 Å². The standard InChI is InChI=1S/C15H28N4O/c1-2-3-4-5-6-10-20-11-9-19-13-15(17-18-19)12-16-14-7-8-14/h13-14,16H,2-12H2,1H3. The highest BCUT2D eigenvalue weighted by Crippen LogP contribution is 2.18. The highest BCUT2D eigenvalue weighted by molar-refractivity contribution is 4.94.